The Morgan fingerprint density at radius 1 is 1.24 bits per heavy atom. The number of hydrogen-bond acceptors (Lipinski definition) is 0. The van der Waals surface area contributed by atoms with Crippen molar-refractivity contribution in [3.05, 3.63) is 54.4 Å². The van der Waals surface area contributed by atoms with Gasteiger partial charge in [-0.3, -0.25) is 0 Å². The van der Waals surface area contributed by atoms with E-state index in [4.69, 9.17) is 0 Å². The summed E-state index contributed by atoms with van der Waals surface area (Å²) >= 11 is 0. The predicted molar refractivity (Wildman–Crippen MR) is 74.9 cm³/mol. The Morgan fingerprint density at radius 2 is 2.00 bits per heavy atom. The number of benzene rings is 1. The molecule has 0 radical (unpaired) electrons. The molecule has 0 bridgehead atoms. The highest BCUT2D eigenvalue weighted by atomic mass is 14.9. The van der Waals surface area contributed by atoms with Gasteiger partial charge in [-0.05, 0) is 41.7 Å². The summed E-state index contributed by atoms with van der Waals surface area (Å²) in [6.07, 6.45) is 5.27. The first-order chi connectivity index (χ1) is 8.11. The summed E-state index contributed by atoms with van der Waals surface area (Å²) in [5.41, 5.74) is 6.36. The number of aromatic nitrogens is 1. The lowest BCUT2D eigenvalue weighted by molar-refractivity contribution is 0.928. The van der Waals surface area contributed by atoms with Crippen LogP contribution in [0.2, 0.25) is 0 Å². The van der Waals surface area contributed by atoms with Gasteiger partial charge < -0.3 is 4.57 Å². The van der Waals surface area contributed by atoms with Crippen molar-refractivity contribution in [1.29, 1.82) is 0 Å². The van der Waals surface area contributed by atoms with E-state index in [1.807, 2.05) is 7.05 Å². The lowest BCUT2D eigenvalue weighted by atomic mass is 9.96. The zero-order valence-electron chi connectivity index (χ0n) is 10.8. The summed E-state index contributed by atoms with van der Waals surface area (Å²) in [7, 11) is 2.05. The van der Waals surface area contributed by atoms with Gasteiger partial charge in [0.15, 0.2) is 0 Å². The molecule has 0 saturated heterocycles. The third kappa shape index (κ3) is 2.33. The molecule has 1 nitrogen and oxygen atoms in total. The van der Waals surface area contributed by atoms with E-state index in [2.05, 4.69) is 61.7 Å². The second-order valence-corrected chi connectivity index (χ2v) is 4.57. The molecule has 1 aromatic heterocycles. The van der Waals surface area contributed by atoms with Gasteiger partial charge in [0, 0.05) is 19.4 Å². The highest BCUT2D eigenvalue weighted by Gasteiger charge is 2.05. The normalized spacial score (nSPS) is 10.5. The summed E-state index contributed by atoms with van der Waals surface area (Å²) in [6.45, 7) is 8.29. The van der Waals surface area contributed by atoms with Gasteiger partial charge in [0.1, 0.15) is 0 Å². The highest BCUT2D eigenvalue weighted by Crippen LogP contribution is 2.26. The molecule has 0 saturated carbocycles. The molecule has 0 aliphatic carbocycles. The molecule has 1 heteroatoms. The van der Waals surface area contributed by atoms with Crippen LogP contribution >= 0.6 is 0 Å². The average Bonchev–Trinajstić information content (AvgIpc) is 2.75. The molecule has 88 valence electrons. The van der Waals surface area contributed by atoms with Gasteiger partial charge in [0.05, 0.1) is 0 Å². The lowest BCUT2D eigenvalue weighted by Crippen LogP contribution is -1.90. The molecule has 0 fully saturated rings. The molecule has 0 aliphatic rings. The maximum atomic E-state index is 4.04. The Kier molecular flexibility index (Phi) is 3.19. The highest BCUT2D eigenvalue weighted by molar-refractivity contribution is 5.71. The van der Waals surface area contributed by atoms with Crippen LogP contribution in [0.15, 0.2) is 43.2 Å². The number of allylic oxidation sites excluding steroid dienone is 1. The van der Waals surface area contributed by atoms with Crippen molar-refractivity contribution >= 4 is 5.57 Å². The summed E-state index contributed by atoms with van der Waals surface area (Å²) in [5, 5.41) is 0. The topological polar surface area (TPSA) is 4.93 Å². The fourth-order valence-corrected chi connectivity index (χ4v) is 2.16. The van der Waals surface area contributed by atoms with E-state index in [0.717, 1.165) is 12.0 Å². The van der Waals surface area contributed by atoms with Crippen molar-refractivity contribution < 1.29 is 0 Å². The third-order valence-corrected chi connectivity index (χ3v) is 3.11. The van der Waals surface area contributed by atoms with Gasteiger partial charge >= 0.3 is 0 Å². The Bertz CT molecular complexity index is 546. The molecule has 0 atom stereocenters. The van der Waals surface area contributed by atoms with E-state index in [1.165, 1.54) is 22.3 Å². The Morgan fingerprint density at radius 3 is 2.53 bits per heavy atom. The van der Waals surface area contributed by atoms with Crippen LogP contribution in [0.5, 0.6) is 0 Å². The molecule has 0 N–H and O–H groups in total. The number of rotatable bonds is 3. The number of aryl methyl sites for hydroxylation is 2. The minimum absolute atomic E-state index is 1.04. The van der Waals surface area contributed by atoms with E-state index in [1.54, 1.807) is 0 Å². The first-order valence-corrected chi connectivity index (χ1v) is 6.03. The van der Waals surface area contributed by atoms with Crippen LogP contribution in [0.4, 0.5) is 0 Å². The first kappa shape index (κ1) is 11.7. The standard InChI is InChI=1S/C16H19N/c1-5-13-10-14(6-7-16(13)12(2)3)15-8-9-17(4)11-15/h6-11H,2,5H2,1,3-4H3. The maximum Gasteiger partial charge on any atom is 0.0110 e. The molecule has 2 rings (SSSR count). The van der Waals surface area contributed by atoms with Gasteiger partial charge in [-0.15, -0.1) is 0 Å². The van der Waals surface area contributed by atoms with Gasteiger partial charge in [-0.1, -0.05) is 37.3 Å². The van der Waals surface area contributed by atoms with Crippen LogP contribution in [0.1, 0.15) is 25.0 Å². The molecule has 0 aliphatic heterocycles. The fourth-order valence-electron chi connectivity index (χ4n) is 2.16. The lowest BCUT2D eigenvalue weighted by Gasteiger charge is -2.09. The smallest absolute Gasteiger partial charge is 0.0110 e. The van der Waals surface area contributed by atoms with Crippen molar-refractivity contribution in [3.8, 4) is 11.1 Å². The Hall–Kier alpha value is -1.76. The largest absolute Gasteiger partial charge is 0.357 e. The monoisotopic (exact) mass is 225 g/mol. The summed E-state index contributed by atoms with van der Waals surface area (Å²) in [5.74, 6) is 0. The van der Waals surface area contributed by atoms with Crippen LogP contribution < -0.4 is 0 Å². The van der Waals surface area contributed by atoms with Crippen molar-refractivity contribution in [1.82, 2.24) is 4.57 Å². The van der Waals surface area contributed by atoms with Crippen LogP contribution in [0, 0.1) is 0 Å². The molecule has 0 unspecified atom stereocenters. The summed E-state index contributed by atoms with van der Waals surface area (Å²) < 4.78 is 2.08. The second kappa shape index (κ2) is 4.62. The van der Waals surface area contributed by atoms with Crippen LogP contribution in [-0.4, -0.2) is 4.57 Å². The first-order valence-electron chi connectivity index (χ1n) is 6.03. The van der Waals surface area contributed by atoms with Gasteiger partial charge in [0.25, 0.3) is 0 Å². The molecule has 0 spiro atoms. The van der Waals surface area contributed by atoms with Crippen molar-refractivity contribution in [2.45, 2.75) is 20.3 Å². The minimum Gasteiger partial charge on any atom is -0.357 e. The van der Waals surface area contributed by atoms with Gasteiger partial charge in [0.2, 0.25) is 0 Å². The predicted octanol–water partition coefficient (Wildman–Crippen LogP) is 4.29. The zero-order valence-corrected chi connectivity index (χ0v) is 10.8. The quantitative estimate of drug-likeness (QED) is 0.734. The Labute approximate surface area is 103 Å². The van der Waals surface area contributed by atoms with Crippen molar-refractivity contribution in [3.63, 3.8) is 0 Å². The molecule has 1 aromatic carbocycles. The average molecular weight is 225 g/mol. The molecule has 2 aromatic rings. The van der Waals surface area contributed by atoms with E-state index in [9.17, 15) is 0 Å². The molecule has 17 heavy (non-hydrogen) atoms. The third-order valence-electron chi connectivity index (χ3n) is 3.11. The van der Waals surface area contributed by atoms with E-state index >= 15 is 0 Å². The summed E-state index contributed by atoms with van der Waals surface area (Å²) in [4.78, 5) is 0. The Balaban J connectivity index is 2.48. The second-order valence-electron chi connectivity index (χ2n) is 4.57. The van der Waals surface area contributed by atoms with Crippen LogP contribution in [0.3, 0.4) is 0 Å². The van der Waals surface area contributed by atoms with Crippen molar-refractivity contribution in [2.75, 3.05) is 0 Å². The minimum atomic E-state index is 1.04. The number of nitrogens with zero attached hydrogens (tertiary/aromatic N) is 1. The number of hydrogen-bond donors (Lipinski definition) is 0. The van der Waals surface area contributed by atoms with Crippen LogP contribution in [-0.2, 0) is 13.5 Å². The van der Waals surface area contributed by atoms with Crippen LogP contribution in [0.25, 0.3) is 16.7 Å². The fraction of sp³-hybridized carbons (Fsp3) is 0.250. The SMILES string of the molecule is C=C(C)c1ccc(-c2ccn(C)c2)cc1CC. The maximum absolute atomic E-state index is 4.04. The zero-order chi connectivity index (χ0) is 12.4. The molecule has 1 heterocycles. The van der Waals surface area contributed by atoms with Crippen molar-refractivity contribution in [2.24, 2.45) is 7.05 Å². The van der Waals surface area contributed by atoms with E-state index < -0.39 is 0 Å². The van der Waals surface area contributed by atoms with E-state index in [0.29, 0.717) is 0 Å². The van der Waals surface area contributed by atoms with Gasteiger partial charge in [-0.25, -0.2) is 0 Å². The van der Waals surface area contributed by atoms with Gasteiger partial charge in [-0.2, -0.15) is 0 Å². The summed E-state index contributed by atoms with van der Waals surface area (Å²) in [6, 6.07) is 8.79. The van der Waals surface area contributed by atoms with E-state index in [-0.39, 0.29) is 0 Å². The molecular formula is C16H19N. The molecular weight excluding hydrogens is 206 g/mol. The molecule has 0 amide bonds.